The quantitative estimate of drug-likeness (QED) is 0.461. The smallest absolute Gasteiger partial charge is 0.384 e. The summed E-state index contributed by atoms with van der Waals surface area (Å²) in [5, 5.41) is 25.7. The molecule has 7 nitrogen and oxygen atoms in total. The van der Waals surface area contributed by atoms with Gasteiger partial charge in [-0.15, -0.1) is 0 Å². The van der Waals surface area contributed by atoms with Gasteiger partial charge in [-0.1, -0.05) is 6.92 Å². The van der Waals surface area contributed by atoms with Crippen molar-refractivity contribution in [3.63, 3.8) is 0 Å². The summed E-state index contributed by atoms with van der Waals surface area (Å²) in [6.07, 6.45) is -3.43. The van der Waals surface area contributed by atoms with Gasteiger partial charge in [0.15, 0.2) is 0 Å². The van der Waals surface area contributed by atoms with E-state index in [1.807, 2.05) is 0 Å². The number of nitrogens with one attached hydrogen (secondary N) is 1. The molecule has 0 atom stereocenters. The fraction of sp³-hybridized carbons (Fsp3) is 0.571. The van der Waals surface area contributed by atoms with Crippen LogP contribution in [0.3, 0.4) is 0 Å². The summed E-state index contributed by atoms with van der Waals surface area (Å²) in [4.78, 5) is 20.6. The van der Waals surface area contributed by atoms with Gasteiger partial charge in [-0.25, -0.2) is 0 Å². The van der Waals surface area contributed by atoms with Crippen molar-refractivity contribution in [2.24, 2.45) is 5.92 Å². The number of halogens is 3. The van der Waals surface area contributed by atoms with Crippen LogP contribution in [-0.4, -0.2) is 16.4 Å². The number of rotatable bonds is 7. The van der Waals surface area contributed by atoms with Crippen LogP contribution >= 0.6 is 0 Å². The highest BCUT2D eigenvalue weighted by Crippen LogP contribution is 2.40. The summed E-state index contributed by atoms with van der Waals surface area (Å²) in [6.45, 7) is 1.62. The van der Waals surface area contributed by atoms with Gasteiger partial charge in [0.25, 0.3) is 0 Å². The molecular formula is C14H16F3N3O4. The third kappa shape index (κ3) is 3.26. The van der Waals surface area contributed by atoms with Gasteiger partial charge < -0.3 is 5.32 Å². The van der Waals surface area contributed by atoms with Crippen molar-refractivity contribution in [2.75, 3.05) is 11.9 Å². The van der Waals surface area contributed by atoms with Gasteiger partial charge in [0.1, 0.15) is 15.4 Å². The van der Waals surface area contributed by atoms with Crippen LogP contribution in [0, 0.1) is 26.1 Å². The second kappa shape index (κ2) is 6.25. The molecule has 1 aliphatic carbocycles. The minimum absolute atomic E-state index is 0.00912. The predicted octanol–water partition coefficient (Wildman–Crippen LogP) is 3.64. The number of anilines is 1. The maximum atomic E-state index is 13.0. The van der Waals surface area contributed by atoms with Crippen molar-refractivity contribution in [1.29, 1.82) is 0 Å². The molecule has 132 valence electrons. The molecular weight excluding hydrogens is 331 g/mol. The fourth-order valence-corrected chi connectivity index (χ4v) is 2.49. The highest BCUT2D eigenvalue weighted by atomic mass is 19.4. The Bertz CT molecular complexity index is 645. The molecule has 0 saturated heterocycles. The van der Waals surface area contributed by atoms with Crippen LogP contribution in [0.1, 0.15) is 37.3 Å². The lowest BCUT2D eigenvalue weighted by atomic mass is 9.93. The molecule has 0 aliphatic heterocycles. The molecule has 0 amide bonds. The molecule has 24 heavy (non-hydrogen) atoms. The van der Waals surface area contributed by atoms with Crippen molar-refractivity contribution in [3.05, 3.63) is 49.6 Å². The van der Waals surface area contributed by atoms with Gasteiger partial charge in [-0.3, -0.25) is 20.2 Å². The van der Waals surface area contributed by atoms with E-state index < -0.39 is 39.2 Å². The van der Waals surface area contributed by atoms with E-state index in [9.17, 15) is 33.4 Å². The number of alkyl halides is 3. The van der Waals surface area contributed by atoms with E-state index in [1.54, 1.807) is 0 Å². The standard InChI is InChI=1S/C14H16F3N3O4/c1-2-13(19(21)22,20(23)24)11-7-10(14(15,16)17)5-6-12(11)18-8-9-3-4-9/h5-7,9,18H,2-4,8H2,1H3. The largest absolute Gasteiger partial charge is 0.486 e. The molecule has 1 aliphatic rings. The first-order valence-corrected chi connectivity index (χ1v) is 7.37. The van der Waals surface area contributed by atoms with Crippen LogP contribution in [0.4, 0.5) is 18.9 Å². The van der Waals surface area contributed by atoms with Crippen molar-refractivity contribution >= 4 is 5.69 Å². The third-order valence-electron chi connectivity index (χ3n) is 4.15. The molecule has 0 heterocycles. The SMILES string of the molecule is CCC(c1cc(C(F)(F)F)ccc1NCC1CC1)([N+](=O)[O-])[N+](=O)[O-]. The van der Waals surface area contributed by atoms with Crippen molar-refractivity contribution in [3.8, 4) is 0 Å². The molecule has 0 radical (unpaired) electrons. The fourth-order valence-electron chi connectivity index (χ4n) is 2.49. The average Bonchev–Trinajstić information content (AvgIpc) is 3.29. The maximum absolute atomic E-state index is 13.0. The van der Waals surface area contributed by atoms with Crippen LogP contribution < -0.4 is 5.32 Å². The zero-order valence-corrected chi connectivity index (χ0v) is 12.8. The molecule has 0 bridgehead atoms. The van der Waals surface area contributed by atoms with Crippen LogP contribution in [-0.2, 0) is 11.8 Å². The minimum Gasteiger partial charge on any atom is -0.384 e. The Kier molecular flexibility index (Phi) is 4.68. The van der Waals surface area contributed by atoms with E-state index >= 15 is 0 Å². The van der Waals surface area contributed by atoms with Crippen molar-refractivity contribution in [2.45, 2.75) is 38.0 Å². The minimum atomic E-state index is -4.75. The van der Waals surface area contributed by atoms with E-state index in [4.69, 9.17) is 0 Å². The number of nitrogens with zero attached hydrogens (tertiary/aromatic N) is 2. The average molecular weight is 347 g/mol. The number of hydrogen-bond donors (Lipinski definition) is 1. The Morgan fingerprint density at radius 3 is 2.21 bits per heavy atom. The van der Waals surface area contributed by atoms with Crippen LogP contribution in [0.25, 0.3) is 0 Å². The summed E-state index contributed by atoms with van der Waals surface area (Å²) >= 11 is 0. The van der Waals surface area contributed by atoms with Crippen molar-refractivity contribution < 1.29 is 23.0 Å². The Labute approximate surface area is 135 Å². The summed E-state index contributed by atoms with van der Waals surface area (Å²) in [5.74, 6) is 0.336. The molecule has 1 saturated carbocycles. The van der Waals surface area contributed by atoms with E-state index in [-0.39, 0.29) is 5.69 Å². The van der Waals surface area contributed by atoms with Gasteiger partial charge in [-0.05, 0) is 37.0 Å². The zero-order chi connectivity index (χ0) is 18.1. The molecule has 1 aromatic rings. The number of benzene rings is 1. The highest BCUT2D eigenvalue weighted by molar-refractivity contribution is 5.55. The lowest BCUT2D eigenvalue weighted by Gasteiger charge is -2.21. The molecule has 0 aromatic heterocycles. The van der Waals surface area contributed by atoms with Crippen LogP contribution in [0.5, 0.6) is 0 Å². The summed E-state index contributed by atoms with van der Waals surface area (Å²) in [7, 11) is 0. The van der Waals surface area contributed by atoms with Crippen LogP contribution in [0.2, 0.25) is 0 Å². The lowest BCUT2D eigenvalue weighted by Crippen LogP contribution is -2.43. The zero-order valence-electron chi connectivity index (χ0n) is 12.8. The first-order chi connectivity index (χ1) is 11.1. The molecule has 2 rings (SSSR count). The highest BCUT2D eigenvalue weighted by Gasteiger charge is 2.58. The summed E-state index contributed by atoms with van der Waals surface area (Å²) < 4.78 is 38.9. The topological polar surface area (TPSA) is 98.3 Å². The summed E-state index contributed by atoms with van der Waals surface area (Å²) in [5.41, 5.74) is -4.57. The van der Waals surface area contributed by atoms with E-state index in [2.05, 4.69) is 5.32 Å². The predicted molar refractivity (Wildman–Crippen MR) is 78.6 cm³/mol. The normalized spacial score (nSPS) is 15.2. The summed E-state index contributed by atoms with van der Waals surface area (Å²) in [6, 6.07) is 2.29. The third-order valence-corrected chi connectivity index (χ3v) is 4.15. The second-order valence-electron chi connectivity index (χ2n) is 5.77. The van der Waals surface area contributed by atoms with E-state index in [1.165, 1.54) is 6.92 Å². The first kappa shape index (κ1) is 18.0. The van der Waals surface area contributed by atoms with Gasteiger partial charge in [0.2, 0.25) is 0 Å². The van der Waals surface area contributed by atoms with Gasteiger partial charge in [0.05, 0.1) is 17.7 Å². The number of nitro groups is 2. The first-order valence-electron chi connectivity index (χ1n) is 7.37. The molecule has 10 heteroatoms. The van der Waals surface area contributed by atoms with Crippen LogP contribution in [0.15, 0.2) is 18.2 Å². The lowest BCUT2D eigenvalue weighted by molar-refractivity contribution is -0.810. The molecule has 0 spiro atoms. The van der Waals surface area contributed by atoms with Gasteiger partial charge in [-0.2, -0.15) is 13.2 Å². The maximum Gasteiger partial charge on any atom is 0.486 e. The molecule has 1 N–H and O–H groups in total. The Hall–Kier alpha value is -2.39. The van der Waals surface area contributed by atoms with Gasteiger partial charge >= 0.3 is 11.8 Å². The van der Waals surface area contributed by atoms with Crippen molar-refractivity contribution in [1.82, 2.24) is 0 Å². The Morgan fingerprint density at radius 1 is 1.21 bits per heavy atom. The second-order valence-corrected chi connectivity index (χ2v) is 5.77. The monoisotopic (exact) mass is 347 g/mol. The van der Waals surface area contributed by atoms with Gasteiger partial charge in [0, 0.05) is 6.54 Å². The van der Waals surface area contributed by atoms with E-state index in [0.29, 0.717) is 18.5 Å². The molecule has 1 fully saturated rings. The molecule has 1 aromatic carbocycles. The molecule has 0 unspecified atom stereocenters. The Balaban J connectivity index is 2.59. The van der Waals surface area contributed by atoms with E-state index in [0.717, 1.165) is 25.0 Å². The number of hydrogen-bond acceptors (Lipinski definition) is 5. The Morgan fingerprint density at radius 2 is 1.79 bits per heavy atom.